The molecular formula is C10H14O2. The predicted octanol–water partition coefficient (Wildman–Crippen LogP) is 1.46. The van der Waals surface area contributed by atoms with E-state index >= 15 is 0 Å². The first-order chi connectivity index (χ1) is 5.54. The van der Waals surface area contributed by atoms with Gasteiger partial charge in [-0.05, 0) is 24.5 Å². The molecule has 2 heteroatoms. The third-order valence-corrected chi connectivity index (χ3v) is 1.88. The van der Waals surface area contributed by atoms with Crippen LogP contribution in [-0.4, -0.2) is 16.5 Å². The van der Waals surface area contributed by atoms with Gasteiger partial charge in [-0.15, -0.1) is 0 Å². The molecule has 0 saturated heterocycles. The summed E-state index contributed by atoms with van der Waals surface area (Å²) >= 11 is 0. The summed E-state index contributed by atoms with van der Waals surface area (Å²) in [5.41, 5.74) is -1.25. The van der Waals surface area contributed by atoms with E-state index in [1.54, 1.807) is 18.2 Å². The molecule has 0 fully saturated rings. The Labute approximate surface area is 72.6 Å². The minimum absolute atomic E-state index is 0.210. The van der Waals surface area contributed by atoms with Crippen molar-refractivity contribution in [2.24, 2.45) is 5.92 Å². The second-order valence-electron chi connectivity index (χ2n) is 3.60. The molecule has 0 bridgehead atoms. The largest absolute Gasteiger partial charge is 0.378 e. The zero-order valence-electron chi connectivity index (χ0n) is 7.45. The molecule has 1 rings (SSSR count). The van der Waals surface area contributed by atoms with Gasteiger partial charge in [0, 0.05) is 0 Å². The summed E-state index contributed by atoms with van der Waals surface area (Å²) in [7, 11) is 0. The van der Waals surface area contributed by atoms with Crippen molar-refractivity contribution in [3.63, 3.8) is 0 Å². The molecule has 12 heavy (non-hydrogen) atoms. The third kappa shape index (κ3) is 1.83. The normalized spacial score (nSPS) is 28.5. The minimum Gasteiger partial charge on any atom is -0.378 e. The van der Waals surface area contributed by atoms with Crippen LogP contribution in [0.25, 0.3) is 0 Å². The molecule has 0 spiro atoms. The van der Waals surface area contributed by atoms with Crippen molar-refractivity contribution in [3.05, 3.63) is 24.3 Å². The van der Waals surface area contributed by atoms with Crippen LogP contribution < -0.4 is 0 Å². The molecule has 0 aromatic rings. The number of rotatable bonds is 2. The summed E-state index contributed by atoms with van der Waals surface area (Å²) in [4.78, 5) is 11.3. The van der Waals surface area contributed by atoms with E-state index in [0.29, 0.717) is 12.3 Å². The summed E-state index contributed by atoms with van der Waals surface area (Å²) in [5.74, 6) is 0.105. The number of ketones is 1. The van der Waals surface area contributed by atoms with Gasteiger partial charge in [-0.3, -0.25) is 4.79 Å². The fraction of sp³-hybridized carbons (Fsp3) is 0.500. The van der Waals surface area contributed by atoms with Gasteiger partial charge in [0.15, 0.2) is 5.78 Å². The maximum absolute atomic E-state index is 11.3. The van der Waals surface area contributed by atoms with Gasteiger partial charge in [0.1, 0.15) is 5.60 Å². The van der Waals surface area contributed by atoms with Gasteiger partial charge in [0.05, 0.1) is 0 Å². The SMILES string of the molecule is CC(C)CC1(O)C=CC=CC1=O. The van der Waals surface area contributed by atoms with E-state index in [4.69, 9.17) is 0 Å². The van der Waals surface area contributed by atoms with Crippen LogP contribution in [0.3, 0.4) is 0 Å². The first-order valence-corrected chi connectivity index (χ1v) is 4.17. The van der Waals surface area contributed by atoms with E-state index in [9.17, 15) is 9.90 Å². The lowest BCUT2D eigenvalue weighted by Crippen LogP contribution is -2.37. The molecule has 0 saturated carbocycles. The number of aliphatic hydroxyl groups is 1. The van der Waals surface area contributed by atoms with Crippen molar-refractivity contribution in [2.75, 3.05) is 0 Å². The molecule has 0 heterocycles. The van der Waals surface area contributed by atoms with Crippen molar-refractivity contribution in [1.29, 1.82) is 0 Å². The summed E-state index contributed by atoms with van der Waals surface area (Å²) < 4.78 is 0. The molecule has 1 aliphatic rings. The quantitative estimate of drug-likeness (QED) is 0.674. The predicted molar refractivity (Wildman–Crippen MR) is 47.7 cm³/mol. The van der Waals surface area contributed by atoms with Gasteiger partial charge < -0.3 is 5.11 Å². The molecule has 1 atom stereocenters. The molecule has 1 N–H and O–H groups in total. The zero-order valence-corrected chi connectivity index (χ0v) is 7.45. The molecule has 1 aliphatic carbocycles. The average Bonchev–Trinajstić information content (AvgIpc) is 1.94. The molecule has 0 aliphatic heterocycles. The maximum Gasteiger partial charge on any atom is 0.191 e. The molecule has 0 aromatic carbocycles. The number of hydrogen-bond donors (Lipinski definition) is 1. The monoisotopic (exact) mass is 166 g/mol. The Morgan fingerprint density at radius 2 is 2.17 bits per heavy atom. The molecule has 1 unspecified atom stereocenters. The fourth-order valence-electron chi connectivity index (χ4n) is 1.38. The van der Waals surface area contributed by atoms with Crippen LogP contribution in [0.1, 0.15) is 20.3 Å². The van der Waals surface area contributed by atoms with Crippen LogP contribution in [0.5, 0.6) is 0 Å². The number of allylic oxidation sites excluding steroid dienone is 2. The highest BCUT2D eigenvalue weighted by molar-refractivity contribution is 5.99. The van der Waals surface area contributed by atoms with Gasteiger partial charge in [-0.2, -0.15) is 0 Å². The van der Waals surface area contributed by atoms with Crippen molar-refractivity contribution in [1.82, 2.24) is 0 Å². The first-order valence-electron chi connectivity index (χ1n) is 4.17. The Morgan fingerprint density at radius 1 is 1.50 bits per heavy atom. The lowest BCUT2D eigenvalue weighted by atomic mass is 9.86. The minimum atomic E-state index is -1.25. The Balaban J connectivity index is 2.76. The van der Waals surface area contributed by atoms with Crippen molar-refractivity contribution in [3.8, 4) is 0 Å². The van der Waals surface area contributed by atoms with Crippen molar-refractivity contribution in [2.45, 2.75) is 25.9 Å². The lowest BCUT2D eigenvalue weighted by molar-refractivity contribution is -0.129. The van der Waals surface area contributed by atoms with Gasteiger partial charge in [-0.1, -0.05) is 26.0 Å². The lowest BCUT2D eigenvalue weighted by Gasteiger charge is -2.24. The van der Waals surface area contributed by atoms with Gasteiger partial charge in [-0.25, -0.2) is 0 Å². The standard InChI is InChI=1S/C10H14O2/c1-8(2)7-10(12)6-4-3-5-9(10)11/h3-6,8,12H,7H2,1-2H3. The topological polar surface area (TPSA) is 37.3 Å². The first kappa shape index (κ1) is 9.20. The Bertz CT molecular complexity index is 238. The molecule has 66 valence electrons. The molecule has 0 amide bonds. The van der Waals surface area contributed by atoms with Gasteiger partial charge >= 0.3 is 0 Å². The summed E-state index contributed by atoms with van der Waals surface area (Å²) in [5, 5.41) is 9.82. The second kappa shape index (κ2) is 3.23. The Hall–Kier alpha value is -0.890. The van der Waals surface area contributed by atoms with E-state index < -0.39 is 5.60 Å². The van der Waals surface area contributed by atoms with Gasteiger partial charge in [0.25, 0.3) is 0 Å². The highest BCUT2D eigenvalue weighted by Crippen LogP contribution is 2.22. The van der Waals surface area contributed by atoms with E-state index in [1.807, 2.05) is 13.8 Å². The highest BCUT2D eigenvalue weighted by Gasteiger charge is 2.32. The molecule has 0 aromatic heterocycles. The zero-order chi connectivity index (χ0) is 9.19. The van der Waals surface area contributed by atoms with Crippen LogP contribution in [-0.2, 0) is 4.79 Å². The number of carbonyl (C=O) groups is 1. The van der Waals surface area contributed by atoms with Crippen LogP contribution in [0.15, 0.2) is 24.3 Å². The van der Waals surface area contributed by atoms with Crippen LogP contribution in [0.4, 0.5) is 0 Å². The summed E-state index contributed by atoms with van der Waals surface area (Å²) in [6, 6.07) is 0. The maximum atomic E-state index is 11.3. The van der Waals surface area contributed by atoms with Gasteiger partial charge in [0.2, 0.25) is 0 Å². The Morgan fingerprint density at radius 3 is 2.67 bits per heavy atom. The van der Waals surface area contributed by atoms with Crippen LogP contribution in [0.2, 0.25) is 0 Å². The van der Waals surface area contributed by atoms with Crippen LogP contribution in [0, 0.1) is 5.92 Å². The second-order valence-corrected chi connectivity index (χ2v) is 3.60. The van der Waals surface area contributed by atoms with E-state index in [2.05, 4.69) is 0 Å². The fourth-order valence-corrected chi connectivity index (χ4v) is 1.38. The third-order valence-electron chi connectivity index (χ3n) is 1.88. The number of hydrogen-bond acceptors (Lipinski definition) is 2. The highest BCUT2D eigenvalue weighted by atomic mass is 16.3. The summed E-state index contributed by atoms with van der Waals surface area (Å²) in [6.45, 7) is 3.97. The average molecular weight is 166 g/mol. The molecule has 2 nitrogen and oxygen atoms in total. The van der Waals surface area contributed by atoms with E-state index in [-0.39, 0.29) is 5.78 Å². The van der Waals surface area contributed by atoms with E-state index in [0.717, 1.165) is 0 Å². The molecular weight excluding hydrogens is 152 g/mol. The van der Waals surface area contributed by atoms with Crippen molar-refractivity contribution >= 4 is 5.78 Å². The Kier molecular flexibility index (Phi) is 2.48. The summed E-state index contributed by atoms with van der Waals surface area (Å²) in [6.07, 6.45) is 6.84. The van der Waals surface area contributed by atoms with Crippen molar-refractivity contribution < 1.29 is 9.90 Å². The van der Waals surface area contributed by atoms with E-state index in [1.165, 1.54) is 6.08 Å². The molecule has 0 radical (unpaired) electrons. The number of carbonyl (C=O) groups excluding carboxylic acids is 1. The van der Waals surface area contributed by atoms with Crippen LogP contribution >= 0.6 is 0 Å². The smallest absolute Gasteiger partial charge is 0.191 e.